The number of carboxylic acids is 1. The topological polar surface area (TPSA) is 40.5 Å². The fraction of sp³-hybridized carbons (Fsp3) is 0.438. The van der Waals surface area contributed by atoms with Crippen LogP contribution in [0.3, 0.4) is 0 Å². The zero-order valence-electron chi connectivity index (χ0n) is 11.6. The summed E-state index contributed by atoms with van der Waals surface area (Å²) in [4.78, 5) is 14.4. The zero-order chi connectivity index (χ0) is 14.1. The van der Waals surface area contributed by atoms with Crippen molar-refractivity contribution >= 4 is 17.7 Å². The second kappa shape index (κ2) is 5.62. The van der Waals surface area contributed by atoms with Gasteiger partial charge in [0.05, 0.1) is 5.92 Å². The monoisotopic (exact) mass is 289 g/mol. The Bertz CT molecular complexity index is 532. The molecule has 0 spiro atoms. The summed E-state index contributed by atoms with van der Waals surface area (Å²) in [5.74, 6) is -0.818. The van der Waals surface area contributed by atoms with Crippen LogP contribution in [-0.2, 0) is 4.79 Å². The molecule has 1 unspecified atom stereocenters. The minimum Gasteiger partial charge on any atom is -0.481 e. The van der Waals surface area contributed by atoms with Crippen LogP contribution in [0.5, 0.6) is 0 Å². The van der Waals surface area contributed by atoms with Crippen molar-refractivity contribution in [3.05, 3.63) is 46.4 Å². The summed E-state index contributed by atoms with van der Waals surface area (Å²) in [7, 11) is 0. The first kappa shape index (κ1) is 13.7. The van der Waals surface area contributed by atoms with Crippen LogP contribution in [0.2, 0.25) is 0 Å². The highest BCUT2D eigenvalue weighted by Gasteiger charge is 2.33. The molecule has 2 heterocycles. The molecule has 1 aromatic carbocycles. The number of aliphatic carboxylic acids is 1. The zero-order valence-corrected chi connectivity index (χ0v) is 12.4. The predicted molar refractivity (Wildman–Crippen MR) is 81.8 cm³/mol. The van der Waals surface area contributed by atoms with Crippen LogP contribution in [0.4, 0.5) is 0 Å². The molecule has 1 fully saturated rings. The van der Waals surface area contributed by atoms with E-state index in [4.69, 9.17) is 5.11 Å². The second-order valence-electron chi connectivity index (χ2n) is 5.65. The van der Waals surface area contributed by atoms with Crippen LogP contribution in [-0.4, -0.2) is 35.6 Å². The average molecular weight is 289 g/mol. The van der Waals surface area contributed by atoms with Gasteiger partial charge in [-0.25, -0.2) is 0 Å². The van der Waals surface area contributed by atoms with E-state index in [1.807, 2.05) is 11.8 Å². The Morgan fingerprint density at radius 2 is 2.05 bits per heavy atom. The summed E-state index contributed by atoms with van der Waals surface area (Å²) in [6.07, 6.45) is 3.39. The minimum absolute atomic E-state index is 0.158. The number of hydrogen-bond acceptors (Lipinski definition) is 3. The van der Waals surface area contributed by atoms with Crippen molar-refractivity contribution in [1.29, 1.82) is 0 Å². The Balaban J connectivity index is 1.50. The lowest BCUT2D eigenvalue weighted by atomic mass is 10.0. The molecule has 2 aliphatic heterocycles. The van der Waals surface area contributed by atoms with Crippen molar-refractivity contribution in [3.63, 3.8) is 0 Å². The van der Waals surface area contributed by atoms with Gasteiger partial charge in [0.2, 0.25) is 0 Å². The SMILES string of the molecule is Cc1ccc(C2CC=C(CN3CC(C(=O)O)C3)S2)cc1. The van der Waals surface area contributed by atoms with E-state index in [9.17, 15) is 4.79 Å². The maximum absolute atomic E-state index is 10.8. The normalized spacial score (nSPS) is 23.4. The largest absolute Gasteiger partial charge is 0.481 e. The first-order chi connectivity index (χ1) is 9.61. The number of nitrogens with zero attached hydrogens (tertiary/aromatic N) is 1. The molecule has 0 aromatic heterocycles. The Morgan fingerprint density at radius 3 is 2.70 bits per heavy atom. The number of aryl methyl sites for hydroxylation is 1. The molecule has 1 aromatic rings. The van der Waals surface area contributed by atoms with Gasteiger partial charge < -0.3 is 5.11 Å². The molecule has 3 nitrogen and oxygen atoms in total. The van der Waals surface area contributed by atoms with Crippen molar-refractivity contribution in [2.75, 3.05) is 19.6 Å². The lowest BCUT2D eigenvalue weighted by Crippen LogP contribution is -2.50. The number of carbonyl (C=O) groups is 1. The van der Waals surface area contributed by atoms with Crippen LogP contribution >= 0.6 is 11.8 Å². The van der Waals surface area contributed by atoms with Crippen molar-refractivity contribution in [3.8, 4) is 0 Å². The van der Waals surface area contributed by atoms with Gasteiger partial charge in [-0.3, -0.25) is 9.69 Å². The molecular formula is C16H19NO2S. The highest BCUT2D eigenvalue weighted by Crippen LogP contribution is 2.44. The first-order valence-electron chi connectivity index (χ1n) is 6.99. The van der Waals surface area contributed by atoms with Crippen molar-refractivity contribution in [1.82, 2.24) is 4.90 Å². The minimum atomic E-state index is -0.660. The van der Waals surface area contributed by atoms with E-state index in [0.717, 1.165) is 13.0 Å². The quantitative estimate of drug-likeness (QED) is 0.925. The number of hydrogen-bond donors (Lipinski definition) is 1. The first-order valence-corrected chi connectivity index (χ1v) is 7.87. The molecule has 1 N–H and O–H groups in total. The fourth-order valence-electron chi connectivity index (χ4n) is 2.68. The van der Waals surface area contributed by atoms with Crippen molar-refractivity contribution < 1.29 is 9.90 Å². The lowest BCUT2D eigenvalue weighted by Gasteiger charge is -2.36. The smallest absolute Gasteiger partial charge is 0.309 e. The number of rotatable bonds is 4. The third-order valence-corrected chi connectivity index (χ3v) is 5.34. The third-order valence-electron chi connectivity index (χ3n) is 3.99. The summed E-state index contributed by atoms with van der Waals surface area (Å²) in [5.41, 5.74) is 2.68. The Labute approximate surface area is 123 Å². The van der Waals surface area contributed by atoms with Crippen molar-refractivity contribution in [2.45, 2.75) is 18.6 Å². The van der Waals surface area contributed by atoms with Gasteiger partial charge in [0.1, 0.15) is 0 Å². The van der Waals surface area contributed by atoms with Crippen LogP contribution in [0, 0.1) is 12.8 Å². The van der Waals surface area contributed by atoms with Gasteiger partial charge in [-0.15, -0.1) is 11.8 Å². The van der Waals surface area contributed by atoms with E-state index in [2.05, 4.69) is 42.2 Å². The Kier molecular flexibility index (Phi) is 3.85. The second-order valence-corrected chi connectivity index (χ2v) is 6.98. The van der Waals surface area contributed by atoms with Crippen LogP contribution in [0.1, 0.15) is 22.8 Å². The number of likely N-dealkylation sites (tertiary alicyclic amines) is 1. The average Bonchev–Trinajstić information content (AvgIpc) is 2.82. The van der Waals surface area contributed by atoms with Gasteiger partial charge in [-0.2, -0.15) is 0 Å². The Hall–Kier alpha value is -1.26. The van der Waals surface area contributed by atoms with Gasteiger partial charge >= 0.3 is 5.97 Å². The maximum Gasteiger partial charge on any atom is 0.309 e. The molecule has 0 bridgehead atoms. The molecule has 3 rings (SSSR count). The molecule has 4 heteroatoms. The number of thioether (sulfide) groups is 1. The molecule has 1 saturated heterocycles. The fourth-order valence-corrected chi connectivity index (χ4v) is 3.98. The van der Waals surface area contributed by atoms with Gasteiger partial charge in [-0.05, 0) is 23.8 Å². The van der Waals surface area contributed by atoms with E-state index < -0.39 is 5.97 Å². The molecule has 106 valence electrons. The van der Waals surface area contributed by atoms with Crippen LogP contribution < -0.4 is 0 Å². The molecule has 0 radical (unpaired) electrons. The summed E-state index contributed by atoms with van der Waals surface area (Å²) in [5, 5.41) is 9.41. The molecule has 0 saturated carbocycles. The molecule has 0 aliphatic carbocycles. The highest BCUT2D eigenvalue weighted by atomic mass is 32.2. The summed E-state index contributed by atoms with van der Waals surface area (Å²) in [6, 6.07) is 8.77. The molecule has 1 atom stereocenters. The molecule has 20 heavy (non-hydrogen) atoms. The number of carboxylic acid groups (broad SMARTS) is 1. The van der Waals surface area contributed by atoms with Crippen LogP contribution in [0.25, 0.3) is 0 Å². The summed E-state index contributed by atoms with van der Waals surface area (Å²) >= 11 is 1.93. The van der Waals surface area contributed by atoms with Gasteiger partial charge in [0, 0.05) is 24.9 Å². The van der Waals surface area contributed by atoms with E-state index in [1.54, 1.807) is 0 Å². The van der Waals surface area contributed by atoms with E-state index in [1.165, 1.54) is 16.0 Å². The number of allylic oxidation sites excluding steroid dienone is 1. The molecule has 0 amide bonds. The Morgan fingerprint density at radius 1 is 1.35 bits per heavy atom. The van der Waals surface area contributed by atoms with Gasteiger partial charge in [0.15, 0.2) is 0 Å². The third kappa shape index (κ3) is 2.91. The molecule has 2 aliphatic rings. The van der Waals surface area contributed by atoms with Gasteiger partial charge in [0.25, 0.3) is 0 Å². The summed E-state index contributed by atoms with van der Waals surface area (Å²) < 4.78 is 0. The maximum atomic E-state index is 10.8. The summed E-state index contributed by atoms with van der Waals surface area (Å²) in [6.45, 7) is 4.42. The van der Waals surface area contributed by atoms with E-state index >= 15 is 0 Å². The van der Waals surface area contributed by atoms with Crippen molar-refractivity contribution in [2.24, 2.45) is 5.92 Å². The lowest BCUT2D eigenvalue weighted by molar-refractivity contribution is -0.147. The van der Waals surface area contributed by atoms with E-state index in [0.29, 0.717) is 18.3 Å². The predicted octanol–water partition coefficient (Wildman–Crippen LogP) is 3.07. The highest BCUT2D eigenvalue weighted by molar-refractivity contribution is 8.03. The molecular weight excluding hydrogens is 270 g/mol. The number of benzene rings is 1. The van der Waals surface area contributed by atoms with E-state index in [-0.39, 0.29) is 5.92 Å². The van der Waals surface area contributed by atoms with Gasteiger partial charge in [-0.1, -0.05) is 35.9 Å². The standard InChI is InChI=1S/C16H19NO2S/c1-11-2-4-12(5-3-11)15-7-6-14(20-15)10-17-8-13(9-17)16(18)19/h2-6,13,15H,7-10H2,1H3,(H,18,19). The van der Waals surface area contributed by atoms with Crippen LogP contribution in [0.15, 0.2) is 35.2 Å².